The minimum atomic E-state index is -0.348. The van der Waals surface area contributed by atoms with Gasteiger partial charge in [-0.2, -0.15) is 0 Å². The molecule has 0 saturated carbocycles. The van der Waals surface area contributed by atoms with Gasteiger partial charge < -0.3 is 14.6 Å². The van der Waals surface area contributed by atoms with Crippen LogP contribution in [0.5, 0.6) is 0 Å². The normalized spacial score (nSPS) is 16.5. The first-order valence-corrected chi connectivity index (χ1v) is 8.56. The third-order valence-electron chi connectivity index (χ3n) is 4.96. The van der Waals surface area contributed by atoms with Crippen molar-refractivity contribution < 1.29 is 9.21 Å². The summed E-state index contributed by atoms with van der Waals surface area (Å²) in [6, 6.07) is 5.20. The number of nitrogens with zero attached hydrogens (tertiary/aromatic N) is 1. The monoisotopic (exact) mass is 328 g/mol. The highest BCUT2D eigenvalue weighted by Crippen LogP contribution is 2.26. The van der Waals surface area contributed by atoms with Crippen LogP contribution in [0.4, 0.5) is 5.69 Å². The highest BCUT2D eigenvalue weighted by Gasteiger charge is 2.24. The summed E-state index contributed by atoms with van der Waals surface area (Å²) in [5, 5.41) is 3.93. The summed E-state index contributed by atoms with van der Waals surface area (Å²) in [4.78, 5) is 26.5. The maximum atomic E-state index is 12.6. The molecule has 1 amide bonds. The number of rotatable bonds is 3. The van der Waals surface area contributed by atoms with Crippen molar-refractivity contribution >= 4 is 22.6 Å². The van der Waals surface area contributed by atoms with E-state index in [0.717, 1.165) is 54.7 Å². The van der Waals surface area contributed by atoms with E-state index in [1.165, 1.54) is 6.07 Å². The van der Waals surface area contributed by atoms with Crippen LogP contribution in [-0.4, -0.2) is 30.4 Å². The summed E-state index contributed by atoms with van der Waals surface area (Å²) >= 11 is 0. The maximum absolute atomic E-state index is 12.6. The van der Waals surface area contributed by atoms with E-state index in [4.69, 9.17) is 4.42 Å². The lowest BCUT2D eigenvalue weighted by Gasteiger charge is -2.30. The fourth-order valence-electron chi connectivity index (χ4n) is 3.35. The molecule has 0 bridgehead atoms. The van der Waals surface area contributed by atoms with Crippen molar-refractivity contribution in [3.8, 4) is 0 Å². The number of carbonyl (C=O) groups is 1. The largest absolute Gasteiger partial charge is 0.423 e. The zero-order chi connectivity index (χ0) is 17.3. The van der Waals surface area contributed by atoms with Gasteiger partial charge in [-0.1, -0.05) is 6.92 Å². The van der Waals surface area contributed by atoms with E-state index in [-0.39, 0.29) is 17.5 Å². The van der Waals surface area contributed by atoms with Gasteiger partial charge in [-0.05, 0) is 69.6 Å². The number of benzene rings is 1. The minimum absolute atomic E-state index is 0.0673. The van der Waals surface area contributed by atoms with Gasteiger partial charge in [0, 0.05) is 23.1 Å². The summed E-state index contributed by atoms with van der Waals surface area (Å²) in [5.41, 5.74) is 2.76. The third kappa shape index (κ3) is 3.36. The molecule has 0 unspecified atom stereocenters. The van der Waals surface area contributed by atoms with Crippen molar-refractivity contribution in [1.82, 2.24) is 4.90 Å². The molecular weight excluding hydrogens is 304 g/mol. The average Bonchev–Trinajstić information content (AvgIpc) is 2.56. The Morgan fingerprint density at radius 2 is 1.92 bits per heavy atom. The lowest BCUT2D eigenvalue weighted by molar-refractivity contribution is -0.121. The molecule has 2 aromatic rings. The minimum Gasteiger partial charge on any atom is -0.423 e. The number of nitrogens with one attached hydrogen (secondary N) is 1. The van der Waals surface area contributed by atoms with Gasteiger partial charge in [-0.15, -0.1) is 0 Å². The van der Waals surface area contributed by atoms with E-state index in [1.807, 2.05) is 26.0 Å². The first kappa shape index (κ1) is 16.7. The molecule has 0 radical (unpaired) electrons. The van der Waals surface area contributed by atoms with Gasteiger partial charge in [-0.25, -0.2) is 4.79 Å². The topological polar surface area (TPSA) is 62.6 Å². The molecule has 1 aliphatic rings. The fourth-order valence-corrected chi connectivity index (χ4v) is 3.35. The Morgan fingerprint density at radius 1 is 1.21 bits per heavy atom. The van der Waals surface area contributed by atoms with Gasteiger partial charge in [0.05, 0.1) is 0 Å². The molecule has 1 aromatic heterocycles. The molecular formula is C19H24N2O3. The molecule has 0 atom stereocenters. The lowest BCUT2D eigenvalue weighted by Crippen LogP contribution is -2.38. The number of hydrogen-bond donors (Lipinski definition) is 1. The first-order valence-electron chi connectivity index (χ1n) is 8.56. The number of anilines is 1. The van der Waals surface area contributed by atoms with Crippen LogP contribution in [0.15, 0.2) is 27.4 Å². The summed E-state index contributed by atoms with van der Waals surface area (Å²) in [5.74, 6) is 0.154. The first-order chi connectivity index (χ1) is 11.5. The lowest BCUT2D eigenvalue weighted by atomic mass is 9.95. The molecule has 1 fully saturated rings. The van der Waals surface area contributed by atoms with Gasteiger partial charge >= 0.3 is 5.63 Å². The maximum Gasteiger partial charge on any atom is 0.336 e. The van der Waals surface area contributed by atoms with Gasteiger partial charge in [-0.3, -0.25) is 4.79 Å². The summed E-state index contributed by atoms with van der Waals surface area (Å²) in [6.45, 7) is 8.95. The molecule has 0 aliphatic carbocycles. The molecule has 1 aromatic carbocycles. The second kappa shape index (κ2) is 6.77. The molecule has 1 saturated heterocycles. The van der Waals surface area contributed by atoms with E-state index in [2.05, 4.69) is 17.1 Å². The molecule has 5 nitrogen and oxygen atoms in total. The Balaban J connectivity index is 1.81. The zero-order valence-electron chi connectivity index (χ0n) is 14.5. The van der Waals surface area contributed by atoms with Crippen molar-refractivity contribution in [2.45, 2.75) is 33.6 Å². The Labute approximate surface area is 141 Å². The zero-order valence-corrected chi connectivity index (χ0v) is 14.5. The second-order valence-corrected chi connectivity index (χ2v) is 6.61. The Bertz CT molecular complexity index is 817. The smallest absolute Gasteiger partial charge is 0.336 e. The van der Waals surface area contributed by atoms with E-state index < -0.39 is 0 Å². The van der Waals surface area contributed by atoms with Gasteiger partial charge in [0.1, 0.15) is 5.58 Å². The van der Waals surface area contributed by atoms with Crippen molar-refractivity contribution in [3.05, 3.63) is 39.7 Å². The molecule has 24 heavy (non-hydrogen) atoms. The predicted octanol–water partition coefficient (Wildman–Crippen LogP) is 3.08. The molecule has 0 spiro atoms. The molecule has 5 heteroatoms. The number of fused-ring (bicyclic) bond motifs is 1. The number of carbonyl (C=O) groups excluding carboxylic acids is 1. The average molecular weight is 328 g/mol. The SMILES string of the molecule is CCN1CCC(C(=O)Nc2cc3c(C)cc(=O)oc3cc2C)CC1. The van der Waals surface area contributed by atoms with Crippen LogP contribution in [0.3, 0.4) is 0 Å². The summed E-state index contributed by atoms with van der Waals surface area (Å²) in [7, 11) is 0. The van der Waals surface area contributed by atoms with E-state index in [0.29, 0.717) is 5.58 Å². The Morgan fingerprint density at radius 3 is 2.58 bits per heavy atom. The highest BCUT2D eigenvalue weighted by molar-refractivity contribution is 5.96. The number of aryl methyl sites for hydroxylation is 2. The van der Waals surface area contributed by atoms with Crippen LogP contribution < -0.4 is 10.9 Å². The van der Waals surface area contributed by atoms with Crippen molar-refractivity contribution in [2.24, 2.45) is 5.92 Å². The number of piperidine rings is 1. The molecule has 1 aliphatic heterocycles. The van der Waals surface area contributed by atoms with E-state index in [9.17, 15) is 9.59 Å². The third-order valence-corrected chi connectivity index (χ3v) is 4.96. The number of likely N-dealkylation sites (tertiary alicyclic amines) is 1. The predicted molar refractivity (Wildman–Crippen MR) is 95.4 cm³/mol. The van der Waals surface area contributed by atoms with Gasteiger partial charge in [0.25, 0.3) is 0 Å². The second-order valence-electron chi connectivity index (χ2n) is 6.61. The molecule has 1 N–H and O–H groups in total. The Kier molecular flexibility index (Phi) is 4.71. The quantitative estimate of drug-likeness (QED) is 0.880. The fraction of sp³-hybridized carbons (Fsp3) is 0.474. The van der Waals surface area contributed by atoms with Crippen LogP contribution >= 0.6 is 0 Å². The summed E-state index contributed by atoms with van der Waals surface area (Å²) in [6.07, 6.45) is 1.81. The molecule has 2 heterocycles. The van der Waals surface area contributed by atoms with Crippen LogP contribution in [-0.2, 0) is 4.79 Å². The van der Waals surface area contributed by atoms with Gasteiger partial charge in [0.2, 0.25) is 5.91 Å². The summed E-state index contributed by atoms with van der Waals surface area (Å²) < 4.78 is 5.25. The van der Waals surface area contributed by atoms with Gasteiger partial charge in [0.15, 0.2) is 0 Å². The molecule has 3 rings (SSSR count). The van der Waals surface area contributed by atoms with E-state index >= 15 is 0 Å². The molecule has 128 valence electrons. The van der Waals surface area contributed by atoms with Crippen molar-refractivity contribution in [2.75, 3.05) is 25.0 Å². The highest BCUT2D eigenvalue weighted by atomic mass is 16.4. The standard InChI is InChI=1S/C19H24N2O3/c1-4-21-7-5-14(6-8-21)19(23)20-16-11-15-12(2)10-18(22)24-17(15)9-13(16)3/h9-11,14H,4-8H2,1-3H3,(H,20,23). The van der Waals surface area contributed by atoms with Crippen LogP contribution in [0, 0.1) is 19.8 Å². The van der Waals surface area contributed by atoms with Crippen molar-refractivity contribution in [1.29, 1.82) is 0 Å². The number of amides is 1. The van der Waals surface area contributed by atoms with Crippen LogP contribution in [0.2, 0.25) is 0 Å². The van der Waals surface area contributed by atoms with Crippen molar-refractivity contribution in [3.63, 3.8) is 0 Å². The number of hydrogen-bond acceptors (Lipinski definition) is 4. The Hall–Kier alpha value is -2.14. The van der Waals surface area contributed by atoms with Crippen LogP contribution in [0.1, 0.15) is 30.9 Å². The van der Waals surface area contributed by atoms with Crippen LogP contribution in [0.25, 0.3) is 11.0 Å². The van der Waals surface area contributed by atoms with E-state index in [1.54, 1.807) is 0 Å².